The molecule has 0 spiro atoms. The molecule has 0 saturated heterocycles. The Hall–Kier alpha value is -2.57. The van der Waals surface area contributed by atoms with E-state index in [9.17, 15) is 18.9 Å². The fraction of sp³-hybridized carbons (Fsp3) is 0.818. The first-order chi connectivity index (χ1) is 17.6. The number of likely N-dealkylation sites (N-methyl/N-ethyl adjacent to an activating group) is 1. The van der Waals surface area contributed by atoms with E-state index < -0.39 is 32.6 Å². The van der Waals surface area contributed by atoms with Crippen molar-refractivity contribution in [3.63, 3.8) is 0 Å². The van der Waals surface area contributed by atoms with Crippen LogP contribution in [0.1, 0.15) is 65.2 Å². The molecule has 0 amide bonds. The molecule has 0 atom stereocenters. The average Bonchev–Trinajstić information content (AvgIpc) is 2.83. The fourth-order valence-corrected chi connectivity index (χ4v) is 3.66. The van der Waals surface area contributed by atoms with Gasteiger partial charge < -0.3 is 34.7 Å². The predicted molar refractivity (Wildman–Crippen MR) is 134 cm³/mol. The highest BCUT2D eigenvalue weighted by Crippen LogP contribution is 2.50. The molecule has 0 aliphatic rings. The van der Waals surface area contributed by atoms with E-state index in [-0.39, 0.29) is 32.4 Å². The summed E-state index contributed by atoms with van der Waals surface area (Å²) in [5.41, 5.74) is 5.76. The van der Waals surface area contributed by atoms with Crippen LogP contribution in [0.15, 0.2) is 4.76 Å². The molecule has 216 valence electrons. The maximum Gasteiger partial charge on any atom is 0.508 e. The molecule has 0 rings (SSSR count). The number of ether oxygens (including phenoxy) is 4. The molecular weight excluding hydrogens is 513 g/mol. The van der Waals surface area contributed by atoms with Crippen LogP contribution in [-0.2, 0) is 37.4 Å². The number of carbonyl (C=O) groups excluding carboxylic acids is 2. The van der Waals surface area contributed by atoms with Gasteiger partial charge in [0.2, 0.25) is 5.96 Å². The van der Waals surface area contributed by atoms with E-state index in [0.717, 1.165) is 30.6 Å². The summed E-state index contributed by atoms with van der Waals surface area (Å²) in [6.45, 7) is 4.17. The van der Waals surface area contributed by atoms with E-state index >= 15 is 0 Å². The Morgan fingerprint density at radius 1 is 0.757 bits per heavy atom. The summed E-state index contributed by atoms with van der Waals surface area (Å²) in [5.74, 6) is -1.49. The summed E-state index contributed by atoms with van der Waals surface area (Å²) < 4.78 is 47.2. The summed E-state index contributed by atoms with van der Waals surface area (Å²) in [6.07, 6.45) is 3.35. The second-order valence-electron chi connectivity index (χ2n) is 7.86. The van der Waals surface area contributed by atoms with Gasteiger partial charge >= 0.3 is 26.0 Å². The Kier molecular flexibility index (Phi) is 20.0. The number of nitrogens with zero attached hydrogens (tertiary/aromatic N) is 2. The van der Waals surface area contributed by atoms with Crippen LogP contribution in [0, 0.1) is 0 Å². The molecule has 0 aromatic rings. The van der Waals surface area contributed by atoms with E-state index in [2.05, 4.69) is 4.76 Å². The minimum atomic E-state index is -4.08. The number of rotatable bonds is 21. The smallest absolute Gasteiger partial charge is 0.480 e. The lowest BCUT2D eigenvalue weighted by Gasteiger charge is -2.19. The average molecular weight is 556 g/mol. The van der Waals surface area contributed by atoms with Gasteiger partial charge in [0.15, 0.2) is 0 Å². The molecule has 0 bridgehead atoms. The minimum absolute atomic E-state index is 0.0440. The molecule has 0 heterocycles. The Bertz CT molecular complexity index is 699. The second kappa shape index (κ2) is 21.5. The van der Waals surface area contributed by atoms with E-state index in [1.165, 1.54) is 7.05 Å². The summed E-state index contributed by atoms with van der Waals surface area (Å²) >= 11 is 0. The number of carboxylic acids is 1. The first-order valence-corrected chi connectivity index (χ1v) is 13.9. The number of hydrogen-bond donors (Lipinski definition) is 2. The molecule has 0 aromatic carbocycles. The van der Waals surface area contributed by atoms with E-state index in [0.29, 0.717) is 38.9 Å². The first kappa shape index (κ1) is 34.4. The highest BCUT2D eigenvalue weighted by atomic mass is 31.2. The molecule has 0 aliphatic heterocycles. The third kappa shape index (κ3) is 20.2. The van der Waals surface area contributed by atoms with Crippen LogP contribution in [0.5, 0.6) is 0 Å². The summed E-state index contributed by atoms with van der Waals surface area (Å²) in [5, 5.41) is 8.90. The quantitative estimate of drug-likeness (QED) is 0.0683. The summed E-state index contributed by atoms with van der Waals surface area (Å²) in [7, 11) is -2.72. The zero-order valence-electron chi connectivity index (χ0n) is 22.1. The van der Waals surface area contributed by atoms with Gasteiger partial charge in [-0.3, -0.25) is 13.8 Å². The molecule has 0 radical (unpaired) electrons. The van der Waals surface area contributed by atoms with Gasteiger partial charge in [0.1, 0.15) is 6.54 Å². The molecule has 0 aromatic heterocycles. The lowest BCUT2D eigenvalue weighted by Crippen LogP contribution is -2.37. The number of hydrogen-bond acceptors (Lipinski definition) is 10. The van der Waals surface area contributed by atoms with Gasteiger partial charge in [-0.2, -0.15) is 0 Å². The Balaban J connectivity index is 4.58. The van der Waals surface area contributed by atoms with Crippen molar-refractivity contribution in [2.75, 3.05) is 53.2 Å². The van der Waals surface area contributed by atoms with Crippen LogP contribution in [0.4, 0.5) is 9.59 Å². The van der Waals surface area contributed by atoms with Gasteiger partial charge in [-0.1, -0.05) is 26.7 Å². The zero-order chi connectivity index (χ0) is 27.9. The lowest BCUT2D eigenvalue weighted by molar-refractivity contribution is -0.137. The Morgan fingerprint density at radius 3 is 1.51 bits per heavy atom. The maximum absolute atomic E-state index is 13.1. The van der Waals surface area contributed by atoms with Gasteiger partial charge in [-0.05, 0) is 38.5 Å². The maximum atomic E-state index is 13.1. The zero-order valence-corrected chi connectivity index (χ0v) is 22.9. The van der Waals surface area contributed by atoms with Crippen molar-refractivity contribution >= 4 is 32.0 Å². The minimum Gasteiger partial charge on any atom is -0.480 e. The number of unbranched alkanes of at least 4 members (excludes halogenated alkanes) is 4. The molecule has 0 aliphatic carbocycles. The SMILES string of the molecule is CCCCOC(=O)OCCCCOP(=O)(/N=C(\N)N(C)CC(=O)O)OCCCCOC(=O)OCCCC. The Morgan fingerprint density at radius 2 is 1.14 bits per heavy atom. The van der Waals surface area contributed by atoms with Gasteiger partial charge in [-0.15, -0.1) is 4.76 Å². The normalized spacial score (nSPS) is 11.6. The monoisotopic (exact) mass is 555 g/mol. The third-order valence-corrected chi connectivity index (χ3v) is 5.92. The Labute approximate surface area is 218 Å². The van der Waals surface area contributed by atoms with Crippen molar-refractivity contribution in [3.8, 4) is 0 Å². The predicted octanol–water partition coefficient (Wildman–Crippen LogP) is 3.93. The van der Waals surface area contributed by atoms with Crippen LogP contribution in [-0.4, -0.2) is 87.5 Å². The second-order valence-corrected chi connectivity index (χ2v) is 9.51. The van der Waals surface area contributed by atoms with Crippen LogP contribution in [0.3, 0.4) is 0 Å². The van der Waals surface area contributed by atoms with Crippen LogP contribution >= 0.6 is 7.75 Å². The molecule has 3 N–H and O–H groups in total. The standard InChI is InChI=1S/C22H42N3O11P/c1-4-6-12-31-21(28)33-14-8-10-16-35-37(30,24-20(23)25(3)18-19(26)27)36-17-11-9-15-34-22(29)32-13-7-5-2/h4-18H2,1-3H3,(H,26,27)(H2,23,24,30). The lowest BCUT2D eigenvalue weighted by atomic mass is 10.3. The molecule has 0 saturated carbocycles. The molecule has 37 heavy (non-hydrogen) atoms. The van der Waals surface area contributed by atoms with Crippen molar-refractivity contribution in [2.45, 2.75) is 65.2 Å². The van der Waals surface area contributed by atoms with Crippen molar-refractivity contribution in [3.05, 3.63) is 0 Å². The summed E-state index contributed by atoms with van der Waals surface area (Å²) in [6, 6.07) is 0. The third-order valence-electron chi connectivity index (χ3n) is 4.45. The van der Waals surface area contributed by atoms with Crippen LogP contribution < -0.4 is 5.73 Å². The van der Waals surface area contributed by atoms with Gasteiger partial charge in [0.25, 0.3) is 0 Å². The molecular formula is C22H42N3O11P. The van der Waals surface area contributed by atoms with Crippen molar-refractivity contribution in [2.24, 2.45) is 10.5 Å². The van der Waals surface area contributed by atoms with Crippen LogP contribution in [0.25, 0.3) is 0 Å². The van der Waals surface area contributed by atoms with E-state index in [1.54, 1.807) is 0 Å². The number of carbonyl (C=O) groups is 3. The fourth-order valence-electron chi connectivity index (χ4n) is 2.34. The van der Waals surface area contributed by atoms with Crippen LogP contribution in [0.2, 0.25) is 0 Å². The first-order valence-electron chi connectivity index (χ1n) is 12.4. The van der Waals surface area contributed by atoms with Gasteiger partial charge in [0.05, 0.1) is 39.6 Å². The molecule has 15 heteroatoms. The number of nitrogens with two attached hydrogens (primary N) is 1. The van der Waals surface area contributed by atoms with Crippen molar-refractivity contribution in [1.29, 1.82) is 0 Å². The largest absolute Gasteiger partial charge is 0.508 e. The number of aliphatic carboxylic acids is 1. The highest BCUT2D eigenvalue weighted by molar-refractivity contribution is 7.52. The molecule has 0 fully saturated rings. The highest BCUT2D eigenvalue weighted by Gasteiger charge is 2.26. The number of guanidine groups is 1. The van der Waals surface area contributed by atoms with Gasteiger partial charge in [-0.25, -0.2) is 14.2 Å². The van der Waals surface area contributed by atoms with E-state index in [4.69, 9.17) is 38.8 Å². The van der Waals surface area contributed by atoms with Crippen molar-refractivity contribution < 1.29 is 52.1 Å². The molecule has 14 nitrogen and oxygen atoms in total. The summed E-state index contributed by atoms with van der Waals surface area (Å²) in [4.78, 5) is 34.8. The van der Waals surface area contributed by atoms with E-state index in [1.807, 2.05) is 13.8 Å². The number of carboxylic acid groups (broad SMARTS) is 1. The van der Waals surface area contributed by atoms with Crippen molar-refractivity contribution in [1.82, 2.24) is 4.90 Å². The molecule has 0 unspecified atom stereocenters. The van der Waals surface area contributed by atoms with Gasteiger partial charge in [0, 0.05) is 7.05 Å². The topological polar surface area (TPSA) is 186 Å².